The summed E-state index contributed by atoms with van der Waals surface area (Å²) in [5, 5.41) is 9.61. The van der Waals surface area contributed by atoms with Crippen LogP contribution in [0.2, 0.25) is 0 Å². The Morgan fingerprint density at radius 2 is 1.86 bits per heavy atom. The minimum absolute atomic E-state index is 0.215. The van der Waals surface area contributed by atoms with Crippen molar-refractivity contribution in [1.29, 1.82) is 0 Å². The van der Waals surface area contributed by atoms with E-state index in [9.17, 15) is 9.59 Å². The zero-order valence-corrected chi connectivity index (χ0v) is 18.8. The molecule has 13 heteroatoms. The molecule has 1 saturated heterocycles. The molecule has 0 radical (unpaired) electrons. The molecule has 2 aromatic carbocycles. The first-order chi connectivity index (χ1) is 17.0. The number of urea groups is 1. The van der Waals surface area contributed by atoms with Crippen molar-refractivity contribution in [1.82, 2.24) is 25.1 Å². The predicted octanol–water partition coefficient (Wildman–Crippen LogP) is 2.49. The normalized spacial score (nSPS) is 13.6. The highest BCUT2D eigenvalue weighted by Crippen LogP contribution is 2.29. The molecule has 1 aliphatic heterocycles. The second kappa shape index (κ2) is 9.30. The molecule has 0 saturated carbocycles. The Bertz CT molecular complexity index is 1360. The van der Waals surface area contributed by atoms with E-state index in [4.69, 9.17) is 15.2 Å². The molecule has 5 N–H and O–H groups in total. The monoisotopic (exact) mass is 477 g/mol. The Morgan fingerprint density at radius 1 is 1.11 bits per heavy atom. The molecule has 0 atom stereocenters. The van der Waals surface area contributed by atoms with Crippen LogP contribution in [0.15, 0.2) is 42.5 Å². The first-order valence-corrected chi connectivity index (χ1v) is 10.9. The van der Waals surface area contributed by atoms with E-state index >= 15 is 0 Å². The van der Waals surface area contributed by atoms with Gasteiger partial charge in [-0.05, 0) is 36.4 Å². The molecule has 0 unspecified atom stereocenters. The molecule has 35 heavy (non-hydrogen) atoms. The molecule has 5 rings (SSSR count). The van der Waals surface area contributed by atoms with E-state index in [1.807, 2.05) is 4.90 Å². The minimum Gasteiger partial charge on any atom is -0.457 e. The van der Waals surface area contributed by atoms with Crippen LogP contribution >= 0.6 is 0 Å². The van der Waals surface area contributed by atoms with Crippen molar-refractivity contribution in [3.05, 3.63) is 42.5 Å². The summed E-state index contributed by atoms with van der Waals surface area (Å²) in [6.07, 6.45) is 0. The summed E-state index contributed by atoms with van der Waals surface area (Å²) in [5.74, 6) is 1.96. The van der Waals surface area contributed by atoms with Gasteiger partial charge in [0.05, 0.1) is 29.9 Å². The van der Waals surface area contributed by atoms with Crippen LogP contribution in [-0.4, -0.2) is 63.4 Å². The maximum absolute atomic E-state index is 12.2. The standard InChI is InChI=1S/C22H23N9O4/c1-13(32)24-20-25-17-7-6-16(12-18(17)26-20)35-15-4-2-14(3-5-15)31(19(23)33)22-27-21(28-29-22)30-8-10-34-11-9-30/h2-7,12H,8-11H2,1H3,(H2,23,33)(H,27,28,29)(H2,24,25,26,32). The Balaban J connectivity index is 1.32. The molecular formula is C22H23N9O4. The van der Waals surface area contributed by atoms with Gasteiger partial charge in [-0.3, -0.25) is 10.1 Å². The zero-order chi connectivity index (χ0) is 24.4. The van der Waals surface area contributed by atoms with Crippen LogP contribution in [0.25, 0.3) is 11.0 Å². The summed E-state index contributed by atoms with van der Waals surface area (Å²) in [7, 11) is 0. The van der Waals surface area contributed by atoms with Crippen molar-refractivity contribution >= 4 is 46.5 Å². The van der Waals surface area contributed by atoms with Crippen LogP contribution in [0, 0.1) is 0 Å². The third-order valence-corrected chi connectivity index (χ3v) is 5.27. The number of morpholine rings is 1. The quantitative estimate of drug-likeness (QED) is 0.328. The van der Waals surface area contributed by atoms with E-state index < -0.39 is 6.03 Å². The number of primary amides is 1. The lowest BCUT2D eigenvalue weighted by Gasteiger charge is -2.25. The van der Waals surface area contributed by atoms with Gasteiger partial charge >= 0.3 is 6.03 Å². The third kappa shape index (κ3) is 4.84. The van der Waals surface area contributed by atoms with Gasteiger partial charge in [0.1, 0.15) is 11.5 Å². The number of ether oxygens (including phenoxy) is 2. The number of rotatable bonds is 6. The predicted molar refractivity (Wildman–Crippen MR) is 128 cm³/mol. The number of aromatic nitrogens is 5. The number of anilines is 4. The second-order valence-electron chi connectivity index (χ2n) is 7.77. The van der Waals surface area contributed by atoms with Crippen molar-refractivity contribution < 1.29 is 19.1 Å². The Labute approximate surface area is 199 Å². The summed E-state index contributed by atoms with van der Waals surface area (Å²) in [6, 6.07) is 11.4. The third-order valence-electron chi connectivity index (χ3n) is 5.27. The molecule has 3 amide bonds. The van der Waals surface area contributed by atoms with Crippen molar-refractivity contribution in [3.8, 4) is 11.5 Å². The summed E-state index contributed by atoms with van der Waals surface area (Å²) in [4.78, 5) is 38.4. The number of H-pyrrole nitrogens is 2. The highest BCUT2D eigenvalue weighted by Gasteiger charge is 2.22. The van der Waals surface area contributed by atoms with Crippen LogP contribution in [-0.2, 0) is 9.53 Å². The Morgan fingerprint density at radius 3 is 2.57 bits per heavy atom. The van der Waals surface area contributed by atoms with Crippen molar-refractivity contribution in [2.75, 3.05) is 41.4 Å². The highest BCUT2D eigenvalue weighted by molar-refractivity contribution is 5.96. The van der Waals surface area contributed by atoms with Gasteiger partial charge in [0, 0.05) is 26.1 Å². The van der Waals surface area contributed by atoms with E-state index in [1.165, 1.54) is 11.8 Å². The summed E-state index contributed by atoms with van der Waals surface area (Å²) < 4.78 is 11.3. The number of carbonyl (C=O) groups excluding carboxylic acids is 2. The SMILES string of the molecule is CC(=O)Nc1nc2ccc(Oc3ccc(N(C(N)=O)c4nc(N5CCOCC5)n[nH]4)cc3)cc2[nH]1. The molecular weight excluding hydrogens is 454 g/mol. The smallest absolute Gasteiger partial charge is 0.326 e. The number of hydrogen-bond acceptors (Lipinski definition) is 8. The molecule has 0 bridgehead atoms. The van der Waals surface area contributed by atoms with Crippen molar-refractivity contribution in [2.45, 2.75) is 6.92 Å². The van der Waals surface area contributed by atoms with Crippen molar-refractivity contribution in [2.24, 2.45) is 5.73 Å². The summed E-state index contributed by atoms with van der Waals surface area (Å²) in [6.45, 7) is 3.93. The van der Waals surface area contributed by atoms with E-state index in [0.29, 0.717) is 66.4 Å². The van der Waals surface area contributed by atoms with Gasteiger partial charge in [0.15, 0.2) is 0 Å². The number of hydrogen-bond donors (Lipinski definition) is 4. The fourth-order valence-electron chi connectivity index (χ4n) is 3.68. The lowest BCUT2D eigenvalue weighted by atomic mass is 10.2. The average Bonchev–Trinajstić information content (AvgIpc) is 3.47. The van der Waals surface area contributed by atoms with Crippen LogP contribution in [0.5, 0.6) is 11.5 Å². The van der Waals surface area contributed by atoms with Gasteiger partial charge < -0.3 is 25.1 Å². The second-order valence-corrected chi connectivity index (χ2v) is 7.77. The van der Waals surface area contributed by atoms with E-state index in [-0.39, 0.29) is 11.9 Å². The number of nitrogens with two attached hydrogens (primary N) is 1. The molecule has 180 valence electrons. The molecule has 0 spiro atoms. The van der Waals surface area contributed by atoms with E-state index in [2.05, 4.69) is 30.5 Å². The topological polar surface area (TPSA) is 167 Å². The molecule has 4 aromatic rings. The minimum atomic E-state index is -0.706. The van der Waals surface area contributed by atoms with Crippen LogP contribution < -0.4 is 25.6 Å². The largest absolute Gasteiger partial charge is 0.457 e. The number of nitrogens with one attached hydrogen (secondary N) is 3. The molecule has 2 aromatic heterocycles. The first kappa shape index (κ1) is 22.2. The van der Waals surface area contributed by atoms with Gasteiger partial charge in [0.2, 0.25) is 23.8 Å². The summed E-state index contributed by atoms with van der Waals surface area (Å²) in [5.41, 5.74) is 7.54. The van der Waals surface area contributed by atoms with Gasteiger partial charge in [-0.1, -0.05) is 0 Å². The lowest BCUT2D eigenvalue weighted by Crippen LogP contribution is -2.37. The Hall–Kier alpha value is -4.65. The highest BCUT2D eigenvalue weighted by atomic mass is 16.5. The van der Waals surface area contributed by atoms with Gasteiger partial charge in [-0.15, -0.1) is 5.10 Å². The average molecular weight is 477 g/mol. The molecule has 1 aliphatic rings. The number of amides is 3. The van der Waals surface area contributed by atoms with Gasteiger partial charge in [-0.25, -0.2) is 19.8 Å². The Kier molecular flexibility index (Phi) is 5.89. The van der Waals surface area contributed by atoms with Gasteiger partial charge in [0.25, 0.3) is 0 Å². The number of benzene rings is 2. The molecule has 3 heterocycles. The number of fused-ring (bicyclic) bond motifs is 1. The van der Waals surface area contributed by atoms with Crippen molar-refractivity contribution in [3.63, 3.8) is 0 Å². The number of nitrogens with zero attached hydrogens (tertiary/aromatic N) is 5. The zero-order valence-electron chi connectivity index (χ0n) is 18.8. The van der Waals surface area contributed by atoms with Crippen LogP contribution in [0.1, 0.15) is 6.92 Å². The van der Waals surface area contributed by atoms with Crippen LogP contribution in [0.4, 0.5) is 28.3 Å². The first-order valence-electron chi connectivity index (χ1n) is 10.9. The van der Waals surface area contributed by atoms with E-state index in [1.54, 1.807) is 42.5 Å². The maximum atomic E-state index is 12.2. The summed E-state index contributed by atoms with van der Waals surface area (Å²) >= 11 is 0. The lowest BCUT2D eigenvalue weighted by molar-refractivity contribution is -0.114. The molecule has 0 aliphatic carbocycles. The number of carbonyl (C=O) groups is 2. The van der Waals surface area contributed by atoms with E-state index in [0.717, 1.165) is 0 Å². The molecule has 13 nitrogen and oxygen atoms in total. The van der Waals surface area contributed by atoms with Crippen LogP contribution in [0.3, 0.4) is 0 Å². The maximum Gasteiger partial charge on any atom is 0.326 e. The fraction of sp³-hybridized carbons (Fsp3) is 0.227. The van der Waals surface area contributed by atoms with Gasteiger partial charge in [-0.2, -0.15) is 4.98 Å². The number of imidazole rings is 1. The fourth-order valence-corrected chi connectivity index (χ4v) is 3.68. The number of aromatic amines is 2. The molecule has 1 fully saturated rings.